The van der Waals surface area contributed by atoms with Gasteiger partial charge in [0, 0.05) is 6.42 Å². The lowest BCUT2D eigenvalue weighted by Crippen LogP contribution is -1.93. The molecule has 0 aliphatic heterocycles. The van der Waals surface area contributed by atoms with Crippen molar-refractivity contribution in [3.05, 3.63) is 58.4 Å². The van der Waals surface area contributed by atoms with E-state index >= 15 is 0 Å². The van der Waals surface area contributed by atoms with Crippen molar-refractivity contribution >= 4 is 22.6 Å². The molecular weight excluding hydrogens is 357 g/mol. The Morgan fingerprint density at radius 3 is 2.69 bits per heavy atom. The first-order valence-corrected chi connectivity index (χ1v) is 8.32. The number of rotatable bonds is 4. The molecule has 2 aromatic heterocycles. The van der Waals surface area contributed by atoms with Gasteiger partial charge in [-0.15, -0.1) is 0 Å². The van der Waals surface area contributed by atoms with Crippen LogP contribution >= 0.6 is 11.6 Å². The third-order valence-corrected chi connectivity index (χ3v) is 4.34. The third-order valence-electron chi connectivity index (χ3n) is 4.05. The molecule has 0 unspecified atom stereocenters. The number of fused-ring (bicyclic) bond motifs is 1. The van der Waals surface area contributed by atoms with Crippen LogP contribution in [0.3, 0.4) is 0 Å². The molecule has 0 amide bonds. The Morgan fingerprint density at radius 1 is 1.19 bits per heavy atom. The van der Waals surface area contributed by atoms with Crippen molar-refractivity contribution in [3.8, 4) is 17.1 Å². The topological polar surface area (TPSA) is 79.5 Å². The summed E-state index contributed by atoms with van der Waals surface area (Å²) in [5, 5.41) is 7.68. The van der Waals surface area contributed by atoms with Crippen LogP contribution in [0, 0.1) is 12.7 Å². The molecule has 26 heavy (non-hydrogen) atoms. The number of hydrogen-bond acceptors (Lipinski definition) is 4. The van der Waals surface area contributed by atoms with Crippen LogP contribution in [0.5, 0.6) is 5.75 Å². The second-order valence-corrected chi connectivity index (χ2v) is 6.30. The number of imidazole rings is 1. The summed E-state index contributed by atoms with van der Waals surface area (Å²) in [6.45, 7) is 1.85. The second-order valence-electron chi connectivity index (χ2n) is 5.89. The molecule has 2 N–H and O–H groups in total. The predicted molar refractivity (Wildman–Crippen MR) is 97.0 cm³/mol. The lowest BCUT2D eigenvalue weighted by atomic mass is 10.1. The summed E-state index contributed by atoms with van der Waals surface area (Å²) < 4.78 is 18.6. The maximum absolute atomic E-state index is 13.0. The zero-order chi connectivity index (χ0) is 18.3. The maximum atomic E-state index is 13.0. The molecule has 4 aromatic rings. The van der Waals surface area contributed by atoms with E-state index in [2.05, 4.69) is 25.1 Å². The van der Waals surface area contributed by atoms with Gasteiger partial charge in [-0.2, -0.15) is 5.10 Å². The third kappa shape index (κ3) is 2.90. The van der Waals surface area contributed by atoms with Gasteiger partial charge < -0.3 is 9.72 Å². The fourth-order valence-electron chi connectivity index (χ4n) is 2.89. The van der Waals surface area contributed by atoms with Crippen LogP contribution in [0.1, 0.15) is 17.2 Å². The first-order valence-electron chi connectivity index (χ1n) is 7.94. The summed E-state index contributed by atoms with van der Waals surface area (Å²) in [6.07, 6.45) is 0.509. The number of H-pyrrole nitrogens is 2. The van der Waals surface area contributed by atoms with Gasteiger partial charge in [-0.25, -0.2) is 14.4 Å². The number of ether oxygens (including phenoxy) is 1. The lowest BCUT2D eigenvalue weighted by molar-refractivity contribution is 0.420. The number of hydrogen-bond donors (Lipinski definition) is 2. The number of methoxy groups -OCH3 is 1. The Hall–Kier alpha value is -2.93. The number of nitrogens with one attached hydrogen (secondary N) is 2. The highest BCUT2D eigenvalue weighted by Gasteiger charge is 2.19. The molecule has 0 fully saturated rings. The van der Waals surface area contributed by atoms with E-state index in [0.29, 0.717) is 45.4 Å². The van der Waals surface area contributed by atoms with Crippen molar-refractivity contribution in [3.63, 3.8) is 0 Å². The smallest absolute Gasteiger partial charge is 0.185 e. The largest absolute Gasteiger partial charge is 0.494 e. The van der Waals surface area contributed by atoms with Crippen molar-refractivity contribution in [1.29, 1.82) is 0 Å². The first kappa shape index (κ1) is 16.5. The van der Waals surface area contributed by atoms with E-state index in [1.165, 1.54) is 12.1 Å². The van der Waals surface area contributed by atoms with Crippen LogP contribution in [-0.4, -0.2) is 32.3 Å². The fraction of sp³-hybridized carbons (Fsp3) is 0.167. The maximum Gasteiger partial charge on any atom is 0.185 e. The number of aryl methyl sites for hydroxylation is 1. The van der Waals surface area contributed by atoms with E-state index in [9.17, 15) is 4.39 Å². The molecule has 2 heterocycles. The highest BCUT2D eigenvalue weighted by molar-refractivity contribution is 6.35. The van der Waals surface area contributed by atoms with E-state index in [1.54, 1.807) is 25.3 Å². The normalized spacial score (nSPS) is 11.2. The Bertz CT molecular complexity index is 1090. The number of nitrogens with zero attached hydrogens (tertiary/aromatic N) is 3. The fourth-order valence-corrected chi connectivity index (χ4v) is 3.14. The van der Waals surface area contributed by atoms with Gasteiger partial charge in [0.05, 0.1) is 17.7 Å². The van der Waals surface area contributed by atoms with E-state index < -0.39 is 0 Å². The summed E-state index contributed by atoms with van der Waals surface area (Å²) in [5.41, 5.74) is 2.94. The number of benzene rings is 2. The average molecular weight is 372 g/mol. The second kappa shape index (κ2) is 6.42. The van der Waals surface area contributed by atoms with Crippen LogP contribution in [0.25, 0.3) is 22.4 Å². The Kier molecular flexibility index (Phi) is 4.08. The van der Waals surface area contributed by atoms with Gasteiger partial charge in [0.15, 0.2) is 11.6 Å². The van der Waals surface area contributed by atoms with E-state index in [0.717, 1.165) is 11.4 Å². The SMILES string of the molecule is COc1c(-c2n[nH]c(Cc3ccc(F)cc3)n2)cc(Cl)c2nc(C)[nH]c12. The molecule has 2 aromatic carbocycles. The summed E-state index contributed by atoms with van der Waals surface area (Å²) in [7, 11) is 1.58. The molecule has 0 atom stereocenters. The van der Waals surface area contributed by atoms with Crippen molar-refractivity contribution in [2.24, 2.45) is 0 Å². The van der Waals surface area contributed by atoms with Gasteiger partial charge in [0.1, 0.15) is 28.5 Å². The predicted octanol–water partition coefficient (Wildman–Crippen LogP) is 4.05. The highest BCUT2D eigenvalue weighted by atomic mass is 35.5. The Labute approximate surface area is 153 Å². The molecule has 0 spiro atoms. The monoisotopic (exact) mass is 371 g/mol. The number of aromatic nitrogens is 5. The van der Waals surface area contributed by atoms with E-state index in [1.807, 2.05) is 6.92 Å². The van der Waals surface area contributed by atoms with Crippen LogP contribution in [-0.2, 0) is 6.42 Å². The van der Waals surface area contributed by atoms with Gasteiger partial charge >= 0.3 is 0 Å². The van der Waals surface area contributed by atoms with Crippen LogP contribution < -0.4 is 4.74 Å². The lowest BCUT2D eigenvalue weighted by Gasteiger charge is -2.07. The van der Waals surface area contributed by atoms with Crippen LogP contribution in [0.15, 0.2) is 30.3 Å². The van der Waals surface area contributed by atoms with Crippen molar-refractivity contribution in [2.45, 2.75) is 13.3 Å². The van der Waals surface area contributed by atoms with Crippen molar-refractivity contribution < 1.29 is 9.13 Å². The van der Waals surface area contributed by atoms with Gasteiger partial charge in [-0.3, -0.25) is 5.10 Å². The molecular formula is C18H15ClFN5O. The zero-order valence-electron chi connectivity index (χ0n) is 14.1. The first-order chi connectivity index (χ1) is 12.5. The molecule has 0 bridgehead atoms. The Morgan fingerprint density at radius 2 is 1.96 bits per heavy atom. The van der Waals surface area contributed by atoms with Crippen molar-refractivity contribution in [2.75, 3.05) is 7.11 Å². The summed E-state index contributed by atoms with van der Waals surface area (Å²) in [6, 6.07) is 8.02. The van der Waals surface area contributed by atoms with Gasteiger partial charge in [-0.1, -0.05) is 23.7 Å². The van der Waals surface area contributed by atoms with Gasteiger partial charge in [0.2, 0.25) is 0 Å². The van der Waals surface area contributed by atoms with E-state index in [-0.39, 0.29) is 5.82 Å². The molecule has 0 saturated carbocycles. The minimum atomic E-state index is -0.269. The quantitative estimate of drug-likeness (QED) is 0.567. The van der Waals surface area contributed by atoms with Crippen molar-refractivity contribution in [1.82, 2.24) is 25.1 Å². The van der Waals surface area contributed by atoms with Crippen LogP contribution in [0.4, 0.5) is 4.39 Å². The minimum absolute atomic E-state index is 0.269. The summed E-state index contributed by atoms with van der Waals surface area (Å²) in [5.74, 6) is 2.18. The molecule has 0 saturated heterocycles. The van der Waals surface area contributed by atoms with E-state index in [4.69, 9.17) is 16.3 Å². The zero-order valence-corrected chi connectivity index (χ0v) is 14.9. The highest BCUT2D eigenvalue weighted by Crippen LogP contribution is 2.38. The standard InChI is InChI=1S/C18H15ClFN5O/c1-9-21-15-13(19)8-12(17(26-2)16(15)22-9)18-23-14(24-25-18)7-10-3-5-11(20)6-4-10/h3-6,8H,7H2,1-2H3,(H,21,22)(H,23,24,25). The molecule has 0 aliphatic carbocycles. The molecule has 132 valence electrons. The molecule has 0 aliphatic rings. The molecule has 6 nitrogen and oxygen atoms in total. The minimum Gasteiger partial charge on any atom is -0.494 e. The van der Waals surface area contributed by atoms with Gasteiger partial charge in [-0.05, 0) is 30.7 Å². The Balaban J connectivity index is 1.74. The summed E-state index contributed by atoms with van der Waals surface area (Å²) in [4.78, 5) is 12.1. The average Bonchev–Trinajstić information content (AvgIpc) is 3.23. The van der Waals surface area contributed by atoms with Gasteiger partial charge in [0.25, 0.3) is 0 Å². The molecule has 4 rings (SSSR count). The molecule has 8 heteroatoms. The summed E-state index contributed by atoms with van der Waals surface area (Å²) >= 11 is 6.37. The molecule has 0 radical (unpaired) electrons. The number of aromatic amines is 2. The van der Waals surface area contributed by atoms with Crippen LogP contribution in [0.2, 0.25) is 5.02 Å². The number of halogens is 2.